The van der Waals surface area contributed by atoms with Crippen LogP contribution < -0.4 is 31.6 Å². The van der Waals surface area contributed by atoms with Gasteiger partial charge < -0.3 is 26.0 Å². The van der Waals surface area contributed by atoms with Gasteiger partial charge >= 0.3 is 6.36 Å². The molecule has 2 aliphatic rings. The van der Waals surface area contributed by atoms with E-state index in [1.54, 1.807) is 54.7 Å². The molecule has 3 aromatic carbocycles. The number of fused-ring (bicyclic) bond motifs is 1. The highest BCUT2D eigenvalue weighted by Crippen LogP contribution is 2.43. The van der Waals surface area contributed by atoms with E-state index in [1.807, 2.05) is 12.1 Å². The van der Waals surface area contributed by atoms with Crippen LogP contribution >= 0.6 is 23.2 Å². The van der Waals surface area contributed by atoms with Crippen molar-refractivity contribution in [3.63, 3.8) is 0 Å². The Morgan fingerprint density at radius 1 is 0.759 bits per heavy atom. The number of rotatable bonds is 12. The van der Waals surface area contributed by atoms with Crippen molar-refractivity contribution in [2.24, 2.45) is 0 Å². The molecule has 2 fully saturated rings. The molecule has 2 atom stereocenters. The van der Waals surface area contributed by atoms with Gasteiger partial charge in [0.05, 0.1) is 10.0 Å². The first kappa shape index (κ1) is 37.4. The fourth-order valence-corrected chi connectivity index (χ4v) is 7.51. The van der Waals surface area contributed by atoms with Crippen molar-refractivity contribution in [3.8, 4) is 39.1 Å². The summed E-state index contributed by atoms with van der Waals surface area (Å²) < 4.78 is 46.4. The van der Waals surface area contributed by atoms with Crippen molar-refractivity contribution in [2.75, 3.05) is 13.1 Å². The average Bonchev–Trinajstić information content (AvgIpc) is 3.76. The Labute approximate surface area is 318 Å². The minimum absolute atomic E-state index is 0.0316. The van der Waals surface area contributed by atoms with Gasteiger partial charge in [0.15, 0.2) is 0 Å². The number of carbonyl (C=O) groups is 2. The molecule has 2 aliphatic heterocycles. The minimum atomic E-state index is -4.92. The molecule has 0 spiro atoms. The van der Waals surface area contributed by atoms with Gasteiger partial charge in [0.25, 0.3) is 5.56 Å². The number of nitrogens with one attached hydrogen (secondary N) is 4. The van der Waals surface area contributed by atoms with Crippen LogP contribution in [0.1, 0.15) is 36.8 Å². The highest BCUT2D eigenvalue weighted by molar-refractivity contribution is 6.39. The summed E-state index contributed by atoms with van der Waals surface area (Å²) in [7, 11) is 0. The van der Waals surface area contributed by atoms with Crippen LogP contribution in [-0.4, -0.2) is 52.7 Å². The van der Waals surface area contributed by atoms with Gasteiger partial charge in [0, 0.05) is 96.9 Å². The van der Waals surface area contributed by atoms with Crippen LogP contribution in [0.15, 0.2) is 83.9 Å². The molecule has 54 heavy (non-hydrogen) atoms. The Kier molecular flexibility index (Phi) is 10.9. The van der Waals surface area contributed by atoms with Gasteiger partial charge in [-0.25, -0.2) is 4.98 Å². The second-order valence-corrected chi connectivity index (χ2v) is 14.1. The van der Waals surface area contributed by atoms with Crippen LogP contribution in [0.25, 0.3) is 39.0 Å². The maximum atomic E-state index is 13.5. The summed E-state index contributed by atoms with van der Waals surface area (Å²) >= 11 is 14.0. The second kappa shape index (κ2) is 15.8. The first-order valence-electron chi connectivity index (χ1n) is 17.4. The fraction of sp³-hybridized carbons (Fsp3) is 0.282. The van der Waals surface area contributed by atoms with E-state index in [1.165, 1.54) is 16.7 Å². The number of benzene rings is 3. The molecular weight excluding hydrogens is 744 g/mol. The maximum absolute atomic E-state index is 13.5. The smallest absolute Gasteiger partial charge is 0.405 e. The molecule has 7 rings (SSSR count). The predicted octanol–water partition coefficient (Wildman–Crippen LogP) is 6.64. The van der Waals surface area contributed by atoms with E-state index in [0.717, 1.165) is 6.42 Å². The molecule has 5 aromatic rings. The van der Waals surface area contributed by atoms with Gasteiger partial charge in [0.2, 0.25) is 11.8 Å². The molecule has 15 heteroatoms. The van der Waals surface area contributed by atoms with Gasteiger partial charge in [-0.15, -0.1) is 13.2 Å². The van der Waals surface area contributed by atoms with Crippen LogP contribution in [0.5, 0.6) is 5.75 Å². The summed E-state index contributed by atoms with van der Waals surface area (Å²) in [5, 5.41) is 12.7. The van der Waals surface area contributed by atoms with E-state index in [2.05, 4.69) is 31.0 Å². The molecule has 2 aromatic heterocycles. The zero-order valence-electron chi connectivity index (χ0n) is 28.7. The lowest BCUT2D eigenvalue weighted by Gasteiger charge is -2.18. The molecule has 0 saturated carbocycles. The topological polar surface area (TPSA) is 126 Å². The Balaban J connectivity index is 1.13. The molecule has 10 nitrogen and oxygen atoms in total. The lowest BCUT2D eigenvalue weighted by Crippen LogP contribution is -2.36. The third-order valence-electron chi connectivity index (χ3n) is 9.57. The highest BCUT2D eigenvalue weighted by Gasteiger charge is 2.32. The van der Waals surface area contributed by atoms with Crippen molar-refractivity contribution >= 4 is 40.7 Å². The number of amides is 2. The standard InChI is InChI=1S/C39H35Cl2F3N6O4/c40-36-28(22-7-8-24(32(15-22)54-39(42,43)44)17-45-20-26-9-11-34(51)48-26)3-1-5-30(36)31-6-2-4-29(37(31)41)23-13-14-50-33(16-23)47-19-25(38(50)53)18-46-21-27-10-12-35(52)49-27/h1-8,13-16,19,26-27,45-46H,9-12,17-18,20-21H2,(H,48,51)(H,49,52)/t26-,27-/m1/s1. The Morgan fingerprint density at radius 3 is 1.87 bits per heavy atom. The summed E-state index contributed by atoms with van der Waals surface area (Å²) in [6.07, 6.45) is 0.597. The Hall–Kier alpha value is -4.95. The predicted molar refractivity (Wildman–Crippen MR) is 200 cm³/mol. The van der Waals surface area contributed by atoms with E-state index in [-0.39, 0.29) is 46.8 Å². The number of hydrogen-bond acceptors (Lipinski definition) is 7. The molecule has 0 radical (unpaired) electrons. The second-order valence-electron chi connectivity index (χ2n) is 13.3. The summed E-state index contributed by atoms with van der Waals surface area (Å²) in [4.78, 5) is 40.8. The fourth-order valence-electron chi connectivity index (χ4n) is 6.84. The zero-order valence-corrected chi connectivity index (χ0v) is 30.2. The molecule has 2 saturated heterocycles. The SMILES string of the molecule is O=C1CC[C@H](CNCc2ccc(-c3cccc(-c4cccc(-c5ccn6c(=O)c(CNC[C@H]7CCC(=O)N7)cnc6c5)c4Cl)c3Cl)cc2OC(F)(F)F)N1. The van der Waals surface area contributed by atoms with Crippen molar-refractivity contribution in [1.29, 1.82) is 0 Å². The quantitative estimate of drug-likeness (QED) is 0.112. The maximum Gasteiger partial charge on any atom is 0.573 e. The third-order valence-corrected chi connectivity index (χ3v) is 10.4. The summed E-state index contributed by atoms with van der Waals surface area (Å²) in [5.74, 6) is -0.379. The number of alkyl halides is 3. The van der Waals surface area contributed by atoms with Crippen molar-refractivity contribution in [1.82, 2.24) is 30.7 Å². The number of halogens is 5. The normalized spacial score (nSPS) is 17.2. The molecule has 4 heterocycles. The van der Waals surface area contributed by atoms with Crippen LogP contribution in [0.4, 0.5) is 13.2 Å². The molecule has 280 valence electrons. The van der Waals surface area contributed by atoms with Gasteiger partial charge in [-0.3, -0.25) is 18.8 Å². The van der Waals surface area contributed by atoms with Crippen LogP contribution in [0.2, 0.25) is 10.0 Å². The summed E-state index contributed by atoms with van der Waals surface area (Å²) in [5.41, 5.74) is 4.39. The van der Waals surface area contributed by atoms with E-state index < -0.39 is 6.36 Å². The summed E-state index contributed by atoms with van der Waals surface area (Å²) in [6, 6.07) is 18.7. The van der Waals surface area contributed by atoms with Crippen LogP contribution in [0, 0.1) is 0 Å². The molecule has 0 bridgehead atoms. The van der Waals surface area contributed by atoms with E-state index in [9.17, 15) is 27.6 Å². The van der Waals surface area contributed by atoms with Crippen LogP contribution in [-0.2, 0) is 22.7 Å². The third kappa shape index (κ3) is 8.39. The molecule has 4 N–H and O–H groups in total. The molecular formula is C39H35Cl2F3N6O4. The lowest BCUT2D eigenvalue weighted by atomic mass is 9.95. The largest absolute Gasteiger partial charge is 0.573 e. The van der Waals surface area contributed by atoms with Gasteiger partial charge in [-0.2, -0.15) is 0 Å². The number of hydrogen-bond donors (Lipinski definition) is 4. The lowest BCUT2D eigenvalue weighted by molar-refractivity contribution is -0.274. The number of pyridine rings is 1. The number of ether oxygens (including phenoxy) is 1. The number of carbonyl (C=O) groups excluding carboxylic acids is 2. The average molecular weight is 780 g/mol. The Morgan fingerprint density at radius 2 is 1.31 bits per heavy atom. The summed E-state index contributed by atoms with van der Waals surface area (Å²) in [6.45, 7) is 1.35. The molecule has 2 amide bonds. The van der Waals surface area contributed by atoms with Crippen molar-refractivity contribution in [3.05, 3.63) is 111 Å². The van der Waals surface area contributed by atoms with E-state index >= 15 is 0 Å². The molecule has 0 unspecified atom stereocenters. The van der Waals surface area contributed by atoms with Gasteiger partial charge in [0.1, 0.15) is 11.4 Å². The number of nitrogens with zero attached hydrogens (tertiary/aromatic N) is 2. The minimum Gasteiger partial charge on any atom is -0.405 e. The number of aromatic nitrogens is 2. The molecule has 0 aliphatic carbocycles. The Bertz CT molecular complexity index is 2300. The van der Waals surface area contributed by atoms with E-state index in [0.29, 0.717) is 94.1 Å². The van der Waals surface area contributed by atoms with Gasteiger partial charge in [-0.05, 0) is 42.2 Å². The first-order chi connectivity index (χ1) is 25.9. The first-order valence-corrected chi connectivity index (χ1v) is 18.2. The monoisotopic (exact) mass is 778 g/mol. The zero-order chi connectivity index (χ0) is 38.0. The van der Waals surface area contributed by atoms with E-state index in [4.69, 9.17) is 23.2 Å². The van der Waals surface area contributed by atoms with Crippen molar-refractivity contribution in [2.45, 2.75) is 57.2 Å². The van der Waals surface area contributed by atoms with Crippen molar-refractivity contribution < 1.29 is 27.5 Å². The highest BCUT2D eigenvalue weighted by atomic mass is 35.5. The van der Waals surface area contributed by atoms with Crippen LogP contribution in [0.3, 0.4) is 0 Å². The van der Waals surface area contributed by atoms with Gasteiger partial charge in [-0.1, -0.05) is 71.7 Å².